The van der Waals surface area contributed by atoms with Gasteiger partial charge in [-0.2, -0.15) is 0 Å². The number of aryl methyl sites for hydroxylation is 1. The molecule has 0 spiro atoms. The van der Waals surface area contributed by atoms with Gasteiger partial charge in [-0.25, -0.2) is 0 Å². The van der Waals surface area contributed by atoms with Crippen molar-refractivity contribution in [3.05, 3.63) is 35.4 Å². The van der Waals surface area contributed by atoms with E-state index in [1.54, 1.807) is 5.56 Å². The highest BCUT2D eigenvalue weighted by atomic mass is 15.2. The van der Waals surface area contributed by atoms with Crippen LogP contribution < -0.4 is 5.32 Å². The summed E-state index contributed by atoms with van der Waals surface area (Å²) < 4.78 is 0. The summed E-state index contributed by atoms with van der Waals surface area (Å²) in [5.74, 6) is 1.71. The third kappa shape index (κ3) is 3.17. The molecule has 2 aliphatic carbocycles. The zero-order chi connectivity index (χ0) is 14.2. The quantitative estimate of drug-likeness (QED) is 0.892. The van der Waals surface area contributed by atoms with E-state index in [4.69, 9.17) is 0 Å². The van der Waals surface area contributed by atoms with E-state index >= 15 is 0 Å². The van der Waals surface area contributed by atoms with Gasteiger partial charge in [0.15, 0.2) is 0 Å². The highest BCUT2D eigenvalue weighted by Gasteiger charge is 2.35. The molecule has 21 heavy (non-hydrogen) atoms. The van der Waals surface area contributed by atoms with Crippen LogP contribution in [0, 0.1) is 12.8 Å². The van der Waals surface area contributed by atoms with Crippen LogP contribution in [0.25, 0.3) is 0 Å². The molecule has 1 unspecified atom stereocenters. The van der Waals surface area contributed by atoms with Crippen molar-refractivity contribution in [3.8, 4) is 0 Å². The fraction of sp³-hybridized carbons (Fsp3) is 0.684. The van der Waals surface area contributed by atoms with Crippen LogP contribution >= 0.6 is 0 Å². The summed E-state index contributed by atoms with van der Waals surface area (Å²) in [7, 11) is 0. The lowest BCUT2D eigenvalue weighted by Gasteiger charge is -2.37. The first kappa shape index (κ1) is 13.8. The predicted octanol–water partition coefficient (Wildman–Crippen LogP) is 3.31. The fourth-order valence-corrected chi connectivity index (χ4v) is 4.11. The number of benzene rings is 1. The van der Waals surface area contributed by atoms with Crippen molar-refractivity contribution < 1.29 is 0 Å². The minimum Gasteiger partial charge on any atom is -0.314 e. The maximum absolute atomic E-state index is 3.83. The lowest BCUT2D eigenvalue weighted by molar-refractivity contribution is 0.267. The Balaban J connectivity index is 1.19. The van der Waals surface area contributed by atoms with Crippen molar-refractivity contribution in [1.82, 2.24) is 10.2 Å². The van der Waals surface area contributed by atoms with Gasteiger partial charge in [0.05, 0.1) is 0 Å². The Morgan fingerprint density at radius 1 is 1.19 bits per heavy atom. The summed E-state index contributed by atoms with van der Waals surface area (Å²) in [5, 5.41) is 3.83. The third-order valence-electron chi connectivity index (χ3n) is 5.73. The lowest BCUT2D eigenvalue weighted by Crippen LogP contribution is -2.42. The molecule has 1 aromatic carbocycles. The van der Waals surface area contributed by atoms with Gasteiger partial charge in [-0.3, -0.25) is 0 Å². The van der Waals surface area contributed by atoms with Gasteiger partial charge < -0.3 is 10.2 Å². The highest BCUT2D eigenvalue weighted by molar-refractivity contribution is 5.27. The summed E-state index contributed by atoms with van der Waals surface area (Å²) in [4.78, 5) is 2.72. The minimum absolute atomic E-state index is 0.769. The molecule has 2 nitrogen and oxygen atoms in total. The van der Waals surface area contributed by atoms with Crippen LogP contribution in [-0.4, -0.2) is 36.6 Å². The molecule has 0 aromatic heterocycles. The zero-order valence-electron chi connectivity index (χ0n) is 13.2. The summed E-state index contributed by atoms with van der Waals surface area (Å²) >= 11 is 0. The van der Waals surface area contributed by atoms with Gasteiger partial charge in [-0.15, -0.1) is 0 Å². The minimum atomic E-state index is 0.769. The van der Waals surface area contributed by atoms with Gasteiger partial charge in [0.2, 0.25) is 0 Å². The second-order valence-electron chi connectivity index (χ2n) is 7.57. The van der Waals surface area contributed by atoms with Gasteiger partial charge in [0, 0.05) is 18.6 Å². The number of nitrogens with zero attached hydrogens (tertiary/aromatic N) is 1. The molecule has 1 heterocycles. The van der Waals surface area contributed by atoms with Crippen LogP contribution in [0.3, 0.4) is 0 Å². The highest BCUT2D eigenvalue weighted by Crippen LogP contribution is 2.37. The Morgan fingerprint density at radius 3 is 2.81 bits per heavy atom. The first-order valence-electron chi connectivity index (χ1n) is 8.82. The van der Waals surface area contributed by atoms with Crippen molar-refractivity contribution in [2.75, 3.05) is 19.6 Å². The molecule has 1 saturated heterocycles. The molecule has 1 N–H and O–H groups in total. The average molecular weight is 284 g/mol. The SMILES string of the molecule is Cc1cccc(C2CC(NCC3CCN(C4CC4)C3)C2)c1. The van der Waals surface area contributed by atoms with Gasteiger partial charge in [-0.05, 0) is 69.5 Å². The van der Waals surface area contributed by atoms with Crippen molar-refractivity contribution in [2.45, 2.75) is 57.0 Å². The van der Waals surface area contributed by atoms with Crippen LogP contribution in [0.2, 0.25) is 0 Å². The van der Waals surface area contributed by atoms with Crippen LogP contribution in [0.5, 0.6) is 0 Å². The van der Waals surface area contributed by atoms with Crippen molar-refractivity contribution >= 4 is 0 Å². The molecule has 114 valence electrons. The van der Waals surface area contributed by atoms with E-state index in [9.17, 15) is 0 Å². The van der Waals surface area contributed by atoms with E-state index in [1.165, 1.54) is 57.3 Å². The van der Waals surface area contributed by atoms with Crippen LogP contribution in [0.1, 0.15) is 49.1 Å². The number of rotatable bonds is 5. The zero-order valence-corrected chi connectivity index (χ0v) is 13.2. The van der Waals surface area contributed by atoms with E-state index in [2.05, 4.69) is 41.4 Å². The number of likely N-dealkylation sites (tertiary alicyclic amines) is 1. The molecule has 2 heteroatoms. The van der Waals surface area contributed by atoms with Crippen LogP contribution in [0.15, 0.2) is 24.3 Å². The van der Waals surface area contributed by atoms with Crippen molar-refractivity contribution in [2.24, 2.45) is 5.92 Å². The van der Waals surface area contributed by atoms with Gasteiger partial charge in [0.25, 0.3) is 0 Å². The smallest absolute Gasteiger partial charge is 0.00965 e. The molecule has 0 radical (unpaired) electrons. The fourth-order valence-electron chi connectivity index (χ4n) is 4.11. The Kier molecular flexibility index (Phi) is 3.76. The number of hydrogen-bond donors (Lipinski definition) is 1. The molecule has 2 saturated carbocycles. The maximum atomic E-state index is 3.83. The number of hydrogen-bond acceptors (Lipinski definition) is 2. The van der Waals surface area contributed by atoms with E-state index in [0.29, 0.717) is 0 Å². The standard InChI is InChI=1S/C19H28N2/c1-14-3-2-4-16(9-14)17-10-18(11-17)20-12-15-7-8-21(13-15)19-5-6-19/h2-4,9,15,17-20H,5-8,10-13H2,1H3. The van der Waals surface area contributed by atoms with E-state index < -0.39 is 0 Å². The molecule has 1 aliphatic heterocycles. The Morgan fingerprint density at radius 2 is 2.05 bits per heavy atom. The third-order valence-corrected chi connectivity index (χ3v) is 5.73. The molecular weight excluding hydrogens is 256 g/mol. The summed E-state index contributed by atoms with van der Waals surface area (Å²) in [6, 6.07) is 10.8. The van der Waals surface area contributed by atoms with Crippen molar-refractivity contribution in [1.29, 1.82) is 0 Å². The largest absolute Gasteiger partial charge is 0.314 e. The second kappa shape index (κ2) is 5.73. The Labute approximate surface area is 128 Å². The van der Waals surface area contributed by atoms with E-state index in [0.717, 1.165) is 23.9 Å². The Hall–Kier alpha value is -0.860. The predicted molar refractivity (Wildman–Crippen MR) is 87.6 cm³/mol. The molecule has 1 atom stereocenters. The summed E-state index contributed by atoms with van der Waals surface area (Å²) in [6.45, 7) is 6.15. The first-order chi connectivity index (χ1) is 10.3. The monoisotopic (exact) mass is 284 g/mol. The molecule has 1 aromatic rings. The Bertz CT molecular complexity index is 488. The lowest BCUT2D eigenvalue weighted by atomic mass is 9.75. The van der Waals surface area contributed by atoms with Gasteiger partial charge in [-0.1, -0.05) is 29.8 Å². The maximum Gasteiger partial charge on any atom is 0.00965 e. The molecule has 3 fully saturated rings. The topological polar surface area (TPSA) is 15.3 Å². The molecule has 4 rings (SSSR count). The summed E-state index contributed by atoms with van der Waals surface area (Å²) in [6.07, 6.45) is 7.00. The van der Waals surface area contributed by atoms with Crippen LogP contribution in [-0.2, 0) is 0 Å². The molecule has 0 amide bonds. The molecular formula is C19H28N2. The number of nitrogens with one attached hydrogen (secondary N) is 1. The van der Waals surface area contributed by atoms with E-state index in [1.807, 2.05) is 0 Å². The molecule has 0 bridgehead atoms. The van der Waals surface area contributed by atoms with E-state index in [-0.39, 0.29) is 0 Å². The van der Waals surface area contributed by atoms with Crippen molar-refractivity contribution in [3.63, 3.8) is 0 Å². The second-order valence-corrected chi connectivity index (χ2v) is 7.57. The first-order valence-corrected chi connectivity index (χ1v) is 8.82. The van der Waals surface area contributed by atoms with Gasteiger partial charge in [0.1, 0.15) is 0 Å². The summed E-state index contributed by atoms with van der Waals surface area (Å²) in [5.41, 5.74) is 2.95. The molecule has 3 aliphatic rings. The average Bonchev–Trinajstić information content (AvgIpc) is 3.17. The normalized spacial score (nSPS) is 33.1. The van der Waals surface area contributed by atoms with Crippen LogP contribution in [0.4, 0.5) is 0 Å². The van der Waals surface area contributed by atoms with Gasteiger partial charge >= 0.3 is 0 Å².